The summed E-state index contributed by atoms with van der Waals surface area (Å²) in [5, 5.41) is 5.07. The minimum Gasteiger partial charge on any atom is -0.397 e. The molecule has 1 heterocycles. The molecule has 2 N–H and O–H groups in total. The minimum absolute atomic E-state index is 0.759. The van der Waals surface area contributed by atoms with Crippen molar-refractivity contribution in [1.29, 1.82) is 0 Å². The van der Waals surface area contributed by atoms with Gasteiger partial charge in [-0.05, 0) is 73.1 Å². The summed E-state index contributed by atoms with van der Waals surface area (Å²) < 4.78 is 0. The molecule has 0 spiro atoms. The molecule has 0 atom stereocenters. The fourth-order valence-corrected chi connectivity index (χ4v) is 6.52. The van der Waals surface area contributed by atoms with Crippen LogP contribution in [0.2, 0.25) is 0 Å². The van der Waals surface area contributed by atoms with Crippen LogP contribution in [0.15, 0.2) is 146 Å². The van der Waals surface area contributed by atoms with Crippen LogP contribution in [-0.2, 0) is 6.54 Å². The average molecular weight is 525 g/mol. The van der Waals surface area contributed by atoms with E-state index in [1.54, 1.807) is 0 Å². The Hall–Kier alpha value is -5.34. The van der Waals surface area contributed by atoms with E-state index < -0.39 is 0 Å². The highest BCUT2D eigenvalue weighted by molar-refractivity contribution is 6.06. The van der Waals surface area contributed by atoms with Crippen molar-refractivity contribution < 1.29 is 0 Å². The van der Waals surface area contributed by atoms with Gasteiger partial charge in [-0.3, -0.25) is 0 Å². The minimum atomic E-state index is 0.759. The molecule has 0 saturated carbocycles. The van der Waals surface area contributed by atoms with Crippen LogP contribution in [-0.4, -0.2) is 0 Å². The third kappa shape index (κ3) is 3.80. The first kappa shape index (κ1) is 23.5. The number of nitrogens with zero attached hydrogens (tertiary/aromatic N) is 1. The highest BCUT2D eigenvalue weighted by Gasteiger charge is 2.26. The highest BCUT2D eigenvalue weighted by atomic mass is 15.2. The van der Waals surface area contributed by atoms with E-state index in [0.29, 0.717) is 0 Å². The van der Waals surface area contributed by atoms with Crippen LogP contribution in [0.1, 0.15) is 5.56 Å². The second kappa shape index (κ2) is 9.39. The first-order valence-corrected chi connectivity index (χ1v) is 14.1. The molecule has 0 saturated heterocycles. The van der Waals surface area contributed by atoms with E-state index in [1.165, 1.54) is 66.2 Å². The number of nitrogens with two attached hydrogens (primary N) is 1. The molecule has 0 unspecified atom stereocenters. The lowest BCUT2D eigenvalue weighted by atomic mass is 9.86. The number of para-hydroxylation sites is 2. The summed E-state index contributed by atoms with van der Waals surface area (Å²) in [6.07, 6.45) is 0. The molecule has 1 aliphatic heterocycles. The predicted octanol–water partition coefficient (Wildman–Crippen LogP) is 10.2. The maximum atomic E-state index is 6.59. The van der Waals surface area contributed by atoms with Crippen molar-refractivity contribution in [2.75, 3.05) is 10.6 Å². The second-order valence-corrected chi connectivity index (χ2v) is 10.8. The van der Waals surface area contributed by atoms with Crippen molar-refractivity contribution in [2.24, 2.45) is 0 Å². The molecule has 2 nitrogen and oxygen atoms in total. The summed E-state index contributed by atoms with van der Waals surface area (Å²) in [5.41, 5.74) is 18.4. The molecule has 0 aromatic heterocycles. The molecule has 0 radical (unpaired) electrons. The Morgan fingerprint density at radius 3 is 1.83 bits per heavy atom. The van der Waals surface area contributed by atoms with E-state index >= 15 is 0 Å². The molecule has 7 aromatic rings. The smallest absolute Gasteiger partial charge is 0.0647 e. The van der Waals surface area contributed by atoms with Crippen LogP contribution in [0.3, 0.4) is 0 Å². The van der Waals surface area contributed by atoms with E-state index in [0.717, 1.165) is 17.9 Å². The highest BCUT2D eigenvalue weighted by Crippen LogP contribution is 2.48. The molecule has 41 heavy (non-hydrogen) atoms. The van der Waals surface area contributed by atoms with Crippen LogP contribution in [0.4, 0.5) is 17.1 Å². The molecule has 0 bridgehead atoms. The molecule has 7 aromatic carbocycles. The Morgan fingerprint density at radius 2 is 1.05 bits per heavy atom. The lowest BCUT2D eigenvalue weighted by Crippen LogP contribution is -2.22. The van der Waals surface area contributed by atoms with Gasteiger partial charge in [-0.1, -0.05) is 127 Å². The lowest BCUT2D eigenvalue weighted by molar-refractivity contribution is 0.972. The van der Waals surface area contributed by atoms with E-state index in [1.807, 2.05) is 12.1 Å². The Balaban J connectivity index is 1.36. The predicted molar refractivity (Wildman–Crippen MR) is 174 cm³/mol. The maximum absolute atomic E-state index is 6.59. The molecule has 1 aliphatic rings. The van der Waals surface area contributed by atoms with Gasteiger partial charge in [0.05, 0.1) is 17.1 Å². The van der Waals surface area contributed by atoms with Crippen LogP contribution < -0.4 is 10.6 Å². The largest absolute Gasteiger partial charge is 0.397 e. The van der Waals surface area contributed by atoms with Crippen LogP contribution >= 0.6 is 0 Å². The Bertz CT molecular complexity index is 2090. The molecule has 2 heteroatoms. The monoisotopic (exact) mass is 524 g/mol. The topological polar surface area (TPSA) is 29.3 Å². The number of nitrogen functional groups attached to an aromatic ring is 1. The summed E-state index contributed by atoms with van der Waals surface area (Å²) >= 11 is 0. The van der Waals surface area contributed by atoms with Gasteiger partial charge < -0.3 is 10.6 Å². The van der Waals surface area contributed by atoms with Crippen LogP contribution in [0, 0.1) is 0 Å². The van der Waals surface area contributed by atoms with Crippen molar-refractivity contribution in [3.8, 4) is 33.4 Å². The van der Waals surface area contributed by atoms with Crippen molar-refractivity contribution in [3.05, 3.63) is 151 Å². The number of fused-ring (bicyclic) bond motifs is 6. The van der Waals surface area contributed by atoms with Gasteiger partial charge in [0.2, 0.25) is 0 Å². The number of hydrogen-bond donors (Lipinski definition) is 1. The zero-order valence-corrected chi connectivity index (χ0v) is 22.6. The van der Waals surface area contributed by atoms with Crippen molar-refractivity contribution >= 4 is 38.6 Å². The van der Waals surface area contributed by atoms with E-state index in [2.05, 4.69) is 138 Å². The normalized spacial score (nSPS) is 12.3. The third-order valence-corrected chi connectivity index (χ3v) is 8.48. The zero-order chi connectivity index (χ0) is 27.3. The number of rotatable bonds is 3. The fourth-order valence-electron chi connectivity index (χ4n) is 6.52. The lowest BCUT2D eigenvalue weighted by Gasteiger charge is -2.35. The SMILES string of the molecule is Nc1ccccc1N1Cc2c(ccc3ccccc23)-c2ccc(-c3ccc(-c4ccccc4)c4ccccc34)cc21. The molecule has 0 aliphatic carbocycles. The van der Waals surface area contributed by atoms with Crippen LogP contribution in [0.5, 0.6) is 0 Å². The molecular weight excluding hydrogens is 496 g/mol. The Labute approximate surface area is 239 Å². The Morgan fingerprint density at radius 1 is 0.439 bits per heavy atom. The number of anilines is 3. The summed E-state index contributed by atoms with van der Waals surface area (Å²) in [6, 6.07) is 52.3. The van der Waals surface area contributed by atoms with Gasteiger partial charge in [-0.15, -0.1) is 0 Å². The quantitative estimate of drug-likeness (QED) is 0.233. The zero-order valence-electron chi connectivity index (χ0n) is 22.6. The number of hydrogen-bond acceptors (Lipinski definition) is 2. The van der Waals surface area contributed by atoms with Crippen molar-refractivity contribution in [2.45, 2.75) is 6.54 Å². The van der Waals surface area contributed by atoms with Gasteiger partial charge in [0.1, 0.15) is 0 Å². The second-order valence-electron chi connectivity index (χ2n) is 10.8. The Kier molecular flexibility index (Phi) is 5.39. The summed E-state index contributed by atoms with van der Waals surface area (Å²) in [4.78, 5) is 2.39. The molecule has 0 amide bonds. The molecule has 8 rings (SSSR count). The van der Waals surface area contributed by atoms with E-state index in [4.69, 9.17) is 5.73 Å². The van der Waals surface area contributed by atoms with Crippen molar-refractivity contribution in [1.82, 2.24) is 0 Å². The van der Waals surface area contributed by atoms with E-state index in [9.17, 15) is 0 Å². The third-order valence-electron chi connectivity index (χ3n) is 8.48. The van der Waals surface area contributed by atoms with Crippen LogP contribution in [0.25, 0.3) is 54.9 Å². The van der Waals surface area contributed by atoms with Crippen molar-refractivity contribution in [3.63, 3.8) is 0 Å². The van der Waals surface area contributed by atoms with Gasteiger partial charge >= 0.3 is 0 Å². The summed E-state index contributed by atoms with van der Waals surface area (Å²) in [7, 11) is 0. The summed E-state index contributed by atoms with van der Waals surface area (Å²) in [5.74, 6) is 0. The standard InChI is InChI=1S/C39H28N2/c40-37-16-8-9-17-38(37)41-25-36-29-13-5-4-12-27(29)18-20-34(36)35-21-19-28(24-39(35)41)31-23-22-30(26-10-2-1-3-11-26)32-14-6-7-15-33(31)32/h1-24H,25,40H2. The number of benzene rings is 7. The summed E-state index contributed by atoms with van der Waals surface area (Å²) in [6.45, 7) is 0.759. The average Bonchev–Trinajstić information content (AvgIpc) is 3.04. The van der Waals surface area contributed by atoms with E-state index in [-0.39, 0.29) is 0 Å². The molecule has 194 valence electrons. The van der Waals surface area contributed by atoms with Gasteiger partial charge in [0.15, 0.2) is 0 Å². The van der Waals surface area contributed by atoms with Gasteiger partial charge in [-0.2, -0.15) is 0 Å². The first-order valence-electron chi connectivity index (χ1n) is 14.1. The first-order chi connectivity index (χ1) is 20.3. The van der Waals surface area contributed by atoms with Gasteiger partial charge in [0, 0.05) is 12.1 Å². The molecular formula is C39H28N2. The molecule has 0 fully saturated rings. The van der Waals surface area contributed by atoms with Gasteiger partial charge in [-0.25, -0.2) is 0 Å². The van der Waals surface area contributed by atoms with Gasteiger partial charge in [0.25, 0.3) is 0 Å². The fraction of sp³-hybridized carbons (Fsp3) is 0.0256. The maximum Gasteiger partial charge on any atom is 0.0647 e.